The van der Waals surface area contributed by atoms with Crippen molar-refractivity contribution in [2.45, 2.75) is 264 Å². The number of quaternary nitrogens is 1. The Bertz CT molecular complexity index is 1200. The number of unbranched alkanes of at least 4 members (excludes halogenated alkanes) is 29. The molecule has 0 aliphatic carbocycles. The lowest BCUT2D eigenvalue weighted by atomic mass is 10.0. The zero-order valence-corrected chi connectivity index (χ0v) is 44.4. The Morgan fingerprint density at radius 3 is 1.35 bits per heavy atom. The second-order valence-corrected chi connectivity index (χ2v) is 21.4. The van der Waals surface area contributed by atoms with Crippen LogP contribution >= 0.6 is 7.82 Å². The van der Waals surface area contributed by atoms with E-state index in [1.54, 1.807) is 0 Å². The van der Waals surface area contributed by atoms with Crippen LogP contribution in [0.4, 0.5) is 0 Å². The first kappa shape index (κ1) is 63.5. The van der Waals surface area contributed by atoms with Crippen LogP contribution in [0, 0.1) is 0 Å². The maximum atomic E-state index is 13.0. The van der Waals surface area contributed by atoms with Gasteiger partial charge in [-0.2, -0.15) is 0 Å². The van der Waals surface area contributed by atoms with Gasteiger partial charge in [0.2, 0.25) is 5.91 Å². The fraction of sp³-hybridized carbons (Fsp3) is 0.839. The number of phosphoric ester groups is 1. The number of aliphatic hydroxyl groups is 1. The van der Waals surface area contributed by atoms with Crippen molar-refractivity contribution in [1.29, 1.82) is 0 Å². The Hall–Kier alpha value is -1.54. The van der Waals surface area contributed by atoms with Crippen LogP contribution in [0.3, 0.4) is 0 Å². The van der Waals surface area contributed by atoms with Crippen LogP contribution in [0.1, 0.15) is 251 Å². The summed E-state index contributed by atoms with van der Waals surface area (Å²) >= 11 is 0. The van der Waals surface area contributed by atoms with Crippen molar-refractivity contribution in [2.24, 2.45) is 0 Å². The average Bonchev–Trinajstić information content (AvgIpc) is 3.26. The van der Waals surface area contributed by atoms with Gasteiger partial charge in [0.25, 0.3) is 0 Å². The Morgan fingerprint density at radius 1 is 0.538 bits per heavy atom. The smallest absolute Gasteiger partial charge is 0.391 e. The maximum absolute atomic E-state index is 13.0. The molecule has 0 aromatic carbocycles. The zero-order chi connectivity index (χ0) is 47.8. The lowest BCUT2D eigenvalue weighted by molar-refractivity contribution is -0.870. The minimum Gasteiger partial charge on any atom is -0.391 e. The van der Waals surface area contributed by atoms with E-state index in [9.17, 15) is 19.4 Å². The van der Waals surface area contributed by atoms with Crippen molar-refractivity contribution in [3.8, 4) is 0 Å². The van der Waals surface area contributed by atoms with E-state index in [1.165, 1.54) is 161 Å². The molecule has 3 atom stereocenters. The largest absolute Gasteiger partial charge is 0.472 e. The molecule has 0 aliphatic rings. The van der Waals surface area contributed by atoms with E-state index < -0.39 is 20.0 Å². The summed E-state index contributed by atoms with van der Waals surface area (Å²) in [6, 6.07) is -0.765. The Morgan fingerprint density at radius 2 is 0.923 bits per heavy atom. The van der Waals surface area contributed by atoms with Crippen LogP contribution in [0.25, 0.3) is 0 Å². The molecular formula is C56H108N2O6P+. The molecule has 0 saturated carbocycles. The first-order valence-corrected chi connectivity index (χ1v) is 29.0. The Kier molecular flexibility index (Phi) is 46.4. The molecule has 3 N–H and O–H groups in total. The fourth-order valence-electron chi connectivity index (χ4n) is 8.04. The van der Waals surface area contributed by atoms with Crippen molar-refractivity contribution < 1.29 is 32.9 Å². The topological polar surface area (TPSA) is 105 Å². The summed E-state index contributed by atoms with van der Waals surface area (Å²) in [5.41, 5.74) is 0. The third kappa shape index (κ3) is 50.2. The number of hydrogen-bond acceptors (Lipinski definition) is 5. The van der Waals surface area contributed by atoms with Gasteiger partial charge in [0.1, 0.15) is 13.2 Å². The van der Waals surface area contributed by atoms with E-state index in [2.05, 4.69) is 67.8 Å². The molecule has 0 fully saturated rings. The van der Waals surface area contributed by atoms with Gasteiger partial charge in [0, 0.05) is 6.42 Å². The van der Waals surface area contributed by atoms with Gasteiger partial charge in [-0.15, -0.1) is 0 Å². The first-order valence-electron chi connectivity index (χ1n) is 27.5. The summed E-state index contributed by atoms with van der Waals surface area (Å²) in [7, 11) is 1.61. The zero-order valence-electron chi connectivity index (χ0n) is 43.5. The minimum absolute atomic E-state index is 0.0729. The monoisotopic (exact) mass is 936 g/mol. The van der Waals surface area contributed by atoms with E-state index in [-0.39, 0.29) is 19.1 Å². The number of amides is 1. The lowest BCUT2D eigenvalue weighted by Crippen LogP contribution is -2.46. The summed E-state index contributed by atoms with van der Waals surface area (Å²) in [5.74, 6) is -0.148. The van der Waals surface area contributed by atoms with E-state index >= 15 is 0 Å². The van der Waals surface area contributed by atoms with Gasteiger partial charge in [-0.05, 0) is 51.4 Å². The summed E-state index contributed by atoms with van der Waals surface area (Å²) < 4.78 is 23.8. The van der Waals surface area contributed by atoms with E-state index in [0.29, 0.717) is 23.9 Å². The van der Waals surface area contributed by atoms with Gasteiger partial charge >= 0.3 is 7.82 Å². The van der Waals surface area contributed by atoms with Crippen LogP contribution in [0.2, 0.25) is 0 Å². The van der Waals surface area contributed by atoms with Gasteiger partial charge in [-0.1, -0.05) is 242 Å². The molecule has 3 unspecified atom stereocenters. The Labute approximate surface area is 403 Å². The molecule has 65 heavy (non-hydrogen) atoms. The van der Waals surface area contributed by atoms with Gasteiger partial charge in [0.15, 0.2) is 0 Å². The van der Waals surface area contributed by atoms with E-state index in [1.807, 2.05) is 21.1 Å². The second kappa shape index (κ2) is 47.5. The Balaban J connectivity index is 4.21. The molecule has 0 saturated heterocycles. The predicted molar refractivity (Wildman–Crippen MR) is 281 cm³/mol. The summed E-state index contributed by atoms with van der Waals surface area (Å²) in [5, 5.41) is 14.1. The number of carbonyl (C=O) groups is 1. The molecule has 0 radical (unpaired) electrons. The van der Waals surface area contributed by atoms with E-state index in [4.69, 9.17) is 9.05 Å². The van der Waals surface area contributed by atoms with Crippen molar-refractivity contribution >= 4 is 13.7 Å². The van der Waals surface area contributed by atoms with Gasteiger partial charge in [-0.25, -0.2) is 4.57 Å². The molecule has 9 heteroatoms. The third-order valence-corrected chi connectivity index (χ3v) is 13.3. The number of hydrogen-bond donors (Lipinski definition) is 3. The SMILES string of the molecule is CC/C=C\C/C=C\C/C=C\C/C=C\CCCCCCCCCCCCC(=O)NC(COP(=O)(O)OCC[N+](C)(C)C)C(O)CCCCCCCCCCCCCCCCCCCCCC. The molecule has 8 nitrogen and oxygen atoms in total. The molecule has 0 aromatic rings. The number of likely N-dealkylation sites (N-methyl/N-ethyl adjacent to an activating group) is 1. The van der Waals surface area contributed by atoms with Crippen LogP contribution in [-0.2, 0) is 18.4 Å². The molecule has 1 amide bonds. The van der Waals surface area contributed by atoms with Crippen LogP contribution < -0.4 is 5.32 Å². The molecule has 0 spiro atoms. The predicted octanol–water partition coefficient (Wildman–Crippen LogP) is 16.4. The van der Waals surface area contributed by atoms with Gasteiger partial charge in [0.05, 0.1) is 39.9 Å². The second-order valence-electron chi connectivity index (χ2n) is 19.9. The van der Waals surface area contributed by atoms with Crippen LogP contribution in [-0.4, -0.2) is 73.4 Å². The molecule has 0 bridgehead atoms. The number of rotatable bonds is 50. The summed E-state index contributed by atoms with van der Waals surface area (Å²) in [4.78, 5) is 23.3. The summed E-state index contributed by atoms with van der Waals surface area (Å²) in [6.45, 7) is 4.80. The molecule has 382 valence electrons. The van der Waals surface area contributed by atoms with Crippen molar-refractivity contribution in [3.05, 3.63) is 48.6 Å². The van der Waals surface area contributed by atoms with E-state index in [0.717, 1.165) is 64.2 Å². The molecule has 0 aliphatic heterocycles. The van der Waals surface area contributed by atoms with Crippen molar-refractivity contribution in [2.75, 3.05) is 40.9 Å². The maximum Gasteiger partial charge on any atom is 0.472 e. The number of carbonyl (C=O) groups excluding carboxylic acids is 1. The molecule has 0 aromatic heterocycles. The van der Waals surface area contributed by atoms with Crippen LogP contribution in [0.15, 0.2) is 48.6 Å². The number of allylic oxidation sites excluding steroid dienone is 8. The highest BCUT2D eigenvalue weighted by Gasteiger charge is 2.28. The number of nitrogens with one attached hydrogen (secondary N) is 1. The highest BCUT2D eigenvalue weighted by atomic mass is 31.2. The lowest BCUT2D eigenvalue weighted by Gasteiger charge is -2.26. The highest BCUT2D eigenvalue weighted by Crippen LogP contribution is 2.43. The highest BCUT2D eigenvalue weighted by molar-refractivity contribution is 7.47. The molecular weight excluding hydrogens is 828 g/mol. The standard InChI is InChI=1S/C56H107N2O6P/c1-6-8-10-12-14-16-18-20-22-24-26-28-29-30-32-34-36-38-40-42-44-46-48-50-56(60)57-54(53-64-65(61,62)63-52-51-58(3,4)5)55(59)49-47-45-43-41-39-37-35-33-31-27-25-23-21-19-17-15-13-11-9-7-2/h8,10,14,16,20,22,26,28,54-55,59H,6-7,9,11-13,15,17-19,21,23-25,27,29-53H2,1-5H3,(H-,57,60,61,62)/p+1/b10-8-,16-14-,22-20-,28-26-. The molecule has 0 heterocycles. The summed E-state index contributed by atoms with van der Waals surface area (Å²) in [6.07, 6.45) is 61.5. The minimum atomic E-state index is -4.32. The normalized spacial score (nSPS) is 14.4. The third-order valence-electron chi connectivity index (χ3n) is 12.3. The fourth-order valence-corrected chi connectivity index (χ4v) is 8.77. The van der Waals surface area contributed by atoms with Gasteiger partial charge in [-0.3, -0.25) is 13.8 Å². The number of phosphoric acid groups is 1. The van der Waals surface area contributed by atoms with Crippen molar-refractivity contribution in [3.63, 3.8) is 0 Å². The van der Waals surface area contributed by atoms with Crippen LogP contribution in [0.5, 0.6) is 0 Å². The van der Waals surface area contributed by atoms with Crippen molar-refractivity contribution in [1.82, 2.24) is 5.32 Å². The van der Waals surface area contributed by atoms with Gasteiger partial charge < -0.3 is 19.8 Å². The molecule has 0 rings (SSSR count). The quantitative estimate of drug-likeness (QED) is 0.0243. The number of aliphatic hydroxyl groups excluding tert-OH is 1. The average molecular weight is 936 g/mol. The first-order chi connectivity index (χ1) is 31.5. The number of nitrogens with zero attached hydrogens (tertiary/aromatic N) is 1.